The average molecular weight is 263 g/mol. The van der Waals surface area contributed by atoms with E-state index in [1.54, 1.807) is 12.1 Å². The molecule has 4 heteroatoms. The molecule has 0 radical (unpaired) electrons. The Morgan fingerprint density at radius 2 is 2.06 bits per heavy atom. The SMILES string of the molecule is C#CC(C)(C)NC1CCS(=O)(=O)c2ccccc21. The molecule has 0 bridgehead atoms. The fourth-order valence-corrected chi connectivity index (χ4v) is 3.84. The zero-order valence-corrected chi connectivity index (χ0v) is 11.4. The van der Waals surface area contributed by atoms with E-state index in [-0.39, 0.29) is 11.8 Å². The number of benzene rings is 1. The predicted molar refractivity (Wildman–Crippen MR) is 71.9 cm³/mol. The molecule has 1 aliphatic rings. The van der Waals surface area contributed by atoms with E-state index in [4.69, 9.17) is 6.42 Å². The minimum absolute atomic E-state index is 0.00391. The monoisotopic (exact) mass is 263 g/mol. The molecule has 18 heavy (non-hydrogen) atoms. The second-order valence-electron chi connectivity index (χ2n) is 5.11. The van der Waals surface area contributed by atoms with Crippen LogP contribution in [0.1, 0.15) is 31.9 Å². The lowest BCUT2D eigenvalue weighted by Gasteiger charge is -2.32. The predicted octanol–water partition coefficient (Wildman–Crippen LogP) is 1.91. The highest BCUT2D eigenvalue weighted by atomic mass is 32.2. The van der Waals surface area contributed by atoms with E-state index in [9.17, 15) is 8.42 Å². The highest BCUT2D eigenvalue weighted by Gasteiger charge is 2.32. The van der Waals surface area contributed by atoms with Gasteiger partial charge in [0.2, 0.25) is 0 Å². The first-order chi connectivity index (χ1) is 8.36. The molecule has 0 aliphatic carbocycles. The first-order valence-electron chi connectivity index (χ1n) is 5.93. The summed E-state index contributed by atoms with van der Waals surface area (Å²) < 4.78 is 24.0. The van der Waals surface area contributed by atoms with Crippen LogP contribution in [-0.4, -0.2) is 19.7 Å². The molecule has 0 fully saturated rings. The standard InChI is InChI=1S/C14H17NO2S/c1-4-14(2,3)15-12-9-10-18(16,17)13-8-6-5-7-11(12)13/h1,5-8,12,15H,9-10H2,2-3H3. The number of terminal acetylenes is 1. The Balaban J connectivity index is 2.41. The van der Waals surface area contributed by atoms with Crippen LogP contribution in [0.4, 0.5) is 0 Å². The van der Waals surface area contributed by atoms with Gasteiger partial charge in [0.15, 0.2) is 9.84 Å². The van der Waals surface area contributed by atoms with Crippen molar-refractivity contribution in [1.82, 2.24) is 5.32 Å². The Kier molecular flexibility index (Phi) is 3.22. The van der Waals surface area contributed by atoms with Crippen molar-refractivity contribution in [3.05, 3.63) is 29.8 Å². The van der Waals surface area contributed by atoms with E-state index in [0.717, 1.165) is 5.56 Å². The fraction of sp³-hybridized carbons (Fsp3) is 0.429. The van der Waals surface area contributed by atoms with Crippen LogP contribution in [0, 0.1) is 12.3 Å². The summed E-state index contributed by atoms with van der Waals surface area (Å²) >= 11 is 0. The van der Waals surface area contributed by atoms with Crippen LogP contribution in [0.25, 0.3) is 0 Å². The summed E-state index contributed by atoms with van der Waals surface area (Å²) in [7, 11) is -3.13. The summed E-state index contributed by atoms with van der Waals surface area (Å²) in [6.07, 6.45) is 6.03. The van der Waals surface area contributed by atoms with Gasteiger partial charge < -0.3 is 0 Å². The molecule has 1 aromatic rings. The van der Waals surface area contributed by atoms with Gasteiger partial charge in [-0.1, -0.05) is 24.1 Å². The zero-order valence-electron chi connectivity index (χ0n) is 10.6. The number of nitrogens with one attached hydrogen (secondary N) is 1. The summed E-state index contributed by atoms with van der Waals surface area (Å²) in [5.74, 6) is 2.85. The summed E-state index contributed by atoms with van der Waals surface area (Å²) in [4.78, 5) is 0.432. The number of sulfone groups is 1. The summed E-state index contributed by atoms with van der Waals surface area (Å²) in [5, 5.41) is 3.34. The maximum atomic E-state index is 12.0. The molecule has 3 nitrogen and oxygen atoms in total. The van der Waals surface area contributed by atoms with Crippen molar-refractivity contribution in [2.45, 2.75) is 36.7 Å². The van der Waals surface area contributed by atoms with Crippen molar-refractivity contribution in [2.24, 2.45) is 0 Å². The highest BCUT2D eigenvalue weighted by molar-refractivity contribution is 7.91. The first kappa shape index (κ1) is 13.1. The van der Waals surface area contributed by atoms with Crippen molar-refractivity contribution in [2.75, 3.05) is 5.75 Å². The quantitative estimate of drug-likeness (QED) is 0.829. The van der Waals surface area contributed by atoms with Gasteiger partial charge in [0.1, 0.15) is 0 Å². The van der Waals surface area contributed by atoms with Gasteiger partial charge in [0, 0.05) is 6.04 Å². The molecule has 1 aromatic carbocycles. The molecule has 0 saturated heterocycles. The lowest BCUT2D eigenvalue weighted by atomic mass is 9.98. The third-order valence-corrected chi connectivity index (χ3v) is 5.02. The zero-order chi connectivity index (χ0) is 13.4. The summed E-state index contributed by atoms with van der Waals surface area (Å²) in [6, 6.07) is 7.13. The van der Waals surface area contributed by atoms with Crippen LogP contribution in [0.15, 0.2) is 29.2 Å². The third-order valence-electron chi connectivity index (χ3n) is 3.20. The number of rotatable bonds is 2. The van der Waals surface area contributed by atoms with Crippen LogP contribution in [0.5, 0.6) is 0 Å². The van der Waals surface area contributed by atoms with Gasteiger partial charge in [-0.2, -0.15) is 0 Å². The Labute approximate surface area is 109 Å². The maximum Gasteiger partial charge on any atom is 0.178 e. The average Bonchev–Trinajstić information content (AvgIpc) is 2.33. The van der Waals surface area contributed by atoms with E-state index in [1.165, 1.54) is 0 Å². The third kappa shape index (κ3) is 2.43. The molecule has 1 heterocycles. The lowest BCUT2D eigenvalue weighted by Crippen LogP contribution is -2.42. The Morgan fingerprint density at radius 1 is 1.39 bits per heavy atom. The van der Waals surface area contributed by atoms with Gasteiger partial charge in [-0.05, 0) is 31.9 Å². The van der Waals surface area contributed by atoms with E-state index < -0.39 is 15.4 Å². The molecular formula is C14H17NO2S. The van der Waals surface area contributed by atoms with Gasteiger partial charge in [0.25, 0.3) is 0 Å². The Bertz CT molecular complexity index is 596. The molecule has 2 rings (SSSR count). The van der Waals surface area contributed by atoms with Gasteiger partial charge in [-0.15, -0.1) is 6.42 Å². The van der Waals surface area contributed by atoms with E-state index in [0.29, 0.717) is 11.3 Å². The number of hydrogen-bond acceptors (Lipinski definition) is 3. The largest absolute Gasteiger partial charge is 0.295 e. The summed E-state index contributed by atoms with van der Waals surface area (Å²) in [6.45, 7) is 3.83. The van der Waals surface area contributed by atoms with Gasteiger partial charge in [0.05, 0.1) is 16.2 Å². The van der Waals surface area contributed by atoms with E-state index in [2.05, 4.69) is 11.2 Å². The van der Waals surface area contributed by atoms with Crippen LogP contribution in [-0.2, 0) is 9.84 Å². The van der Waals surface area contributed by atoms with Crippen molar-refractivity contribution in [3.63, 3.8) is 0 Å². The topological polar surface area (TPSA) is 46.2 Å². The highest BCUT2D eigenvalue weighted by Crippen LogP contribution is 2.32. The molecule has 0 saturated carbocycles. The molecule has 1 atom stereocenters. The second kappa shape index (κ2) is 4.42. The van der Waals surface area contributed by atoms with Crippen LogP contribution >= 0.6 is 0 Å². The smallest absolute Gasteiger partial charge is 0.178 e. The van der Waals surface area contributed by atoms with E-state index >= 15 is 0 Å². The van der Waals surface area contributed by atoms with Crippen LogP contribution in [0.2, 0.25) is 0 Å². The molecule has 0 spiro atoms. The van der Waals surface area contributed by atoms with Crippen LogP contribution < -0.4 is 5.32 Å². The number of hydrogen-bond donors (Lipinski definition) is 1. The normalized spacial score (nSPS) is 21.9. The molecule has 1 aliphatic heterocycles. The Hall–Kier alpha value is -1.31. The molecule has 0 aromatic heterocycles. The van der Waals surface area contributed by atoms with Crippen molar-refractivity contribution in [1.29, 1.82) is 0 Å². The van der Waals surface area contributed by atoms with Crippen molar-refractivity contribution < 1.29 is 8.42 Å². The molecular weight excluding hydrogens is 246 g/mol. The van der Waals surface area contributed by atoms with E-state index in [1.807, 2.05) is 26.0 Å². The van der Waals surface area contributed by atoms with Crippen LogP contribution in [0.3, 0.4) is 0 Å². The number of fused-ring (bicyclic) bond motifs is 1. The lowest BCUT2D eigenvalue weighted by molar-refractivity contribution is 0.394. The van der Waals surface area contributed by atoms with Crippen molar-refractivity contribution >= 4 is 9.84 Å². The second-order valence-corrected chi connectivity index (χ2v) is 7.19. The fourth-order valence-electron chi connectivity index (χ4n) is 2.22. The molecule has 1 unspecified atom stereocenters. The van der Waals surface area contributed by atoms with Gasteiger partial charge in [-0.25, -0.2) is 8.42 Å². The first-order valence-corrected chi connectivity index (χ1v) is 7.58. The Morgan fingerprint density at radius 3 is 2.72 bits per heavy atom. The maximum absolute atomic E-state index is 12.0. The molecule has 0 amide bonds. The minimum atomic E-state index is -3.13. The van der Waals surface area contributed by atoms with Gasteiger partial charge >= 0.3 is 0 Å². The minimum Gasteiger partial charge on any atom is -0.295 e. The summed E-state index contributed by atoms with van der Waals surface area (Å²) in [5.41, 5.74) is 0.380. The molecule has 1 N–H and O–H groups in total. The van der Waals surface area contributed by atoms with Gasteiger partial charge in [-0.3, -0.25) is 5.32 Å². The van der Waals surface area contributed by atoms with Crippen molar-refractivity contribution in [3.8, 4) is 12.3 Å². The molecule has 96 valence electrons.